The molecule has 0 bridgehead atoms. The Labute approximate surface area is 196 Å². The van der Waals surface area contributed by atoms with Gasteiger partial charge in [0.15, 0.2) is 11.5 Å². The number of nitrogens with one attached hydrogen (secondary N) is 2. The fourth-order valence-corrected chi connectivity index (χ4v) is 4.08. The molecule has 1 aliphatic rings. The molecule has 0 saturated carbocycles. The quantitative estimate of drug-likeness (QED) is 0.441. The van der Waals surface area contributed by atoms with Gasteiger partial charge in [-0.3, -0.25) is 9.59 Å². The third kappa shape index (κ3) is 5.09. The molecule has 0 fully saturated rings. The van der Waals surface area contributed by atoms with Gasteiger partial charge in [0, 0.05) is 18.0 Å². The number of carbonyl (C=O) groups excluding carboxylic acids is 2. The number of rotatable bonds is 9. The molecule has 176 valence electrons. The molecule has 4 rings (SSSR count). The molecule has 1 atom stereocenters. The highest BCUT2D eigenvalue weighted by Gasteiger charge is 2.29. The van der Waals surface area contributed by atoms with Gasteiger partial charge >= 0.3 is 12.1 Å². The van der Waals surface area contributed by atoms with Gasteiger partial charge in [-0.05, 0) is 28.7 Å². The van der Waals surface area contributed by atoms with Crippen LogP contribution in [0.25, 0.3) is 11.1 Å². The van der Waals surface area contributed by atoms with Crippen LogP contribution in [0.1, 0.15) is 53.1 Å². The minimum atomic E-state index is -1.000. The summed E-state index contributed by atoms with van der Waals surface area (Å²) in [6.07, 6.45) is -0.334. The van der Waals surface area contributed by atoms with Crippen LogP contribution >= 0.6 is 0 Å². The Morgan fingerprint density at radius 3 is 2.35 bits per heavy atom. The van der Waals surface area contributed by atoms with Crippen molar-refractivity contribution in [2.24, 2.45) is 0 Å². The fourth-order valence-electron chi connectivity index (χ4n) is 4.08. The standard InChI is InChI=1S/C25H25N3O6/c1-2-15(11-23(29)30)27-24(31)22-12-16(34-28-22)13-26-25(32)33-14-21-19-9-5-3-7-17(19)18-8-4-6-10-20(18)21/h3-10,12,15,21H,2,11,13-14H2,1H3,(H,26,32)(H,27,31)(H,29,30). The van der Waals surface area contributed by atoms with Gasteiger partial charge in [0.1, 0.15) is 6.61 Å². The van der Waals surface area contributed by atoms with Crippen molar-refractivity contribution in [3.05, 3.63) is 77.2 Å². The molecule has 0 saturated heterocycles. The molecule has 0 radical (unpaired) electrons. The van der Waals surface area contributed by atoms with Gasteiger partial charge in [0.05, 0.1) is 13.0 Å². The molecule has 9 nitrogen and oxygen atoms in total. The van der Waals surface area contributed by atoms with Crippen LogP contribution in [0.3, 0.4) is 0 Å². The molecule has 1 unspecified atom stereocenters. The number of amides is 2. The van der Waals surface area contributed by atoms with Crippen LogP contribution in [0.15, 0.2) is 59.1 Å². The van der Waals surface area contributed by atoms with Gasteiger partial charge in [0.25, 0.3) is 5.91 Å². The van der Waals surface area contributed by atoms with Crippen molar-refractivity contribution in [2.45, 2.75) is 38.3 Å². The summed E-state index contributed by atoms with van der Waals surface area (Å²) in [5.74, 6) is -1.31. The Balaban J connectivity index is 1.30. The van der Waals surface area contributed by atoms with Gasteiger partial charge in [0.2, 0.25) is 0 Å². The smallest absolute Gasteiger partial charge is 0.407 e. The van der Waals surface area contributed by atoms with E-state index in [9.17, 15) is 14.4 Å². The van der Waals surface area contributed by atoms with Crippen LogP contribution in [0.5, 0.6) is 0 Å². The third-order valence-corrected chi connectivity index (χ3v) is 5.79. The normalized spacial score (nSPS) is 13.0. The highest BCUT2D eigenvalue weighted by Crippen LogP contribution is 2.44. The molecule has 0 spiro atoms. The maximum Gasteiger partial charge on any atom is 0.407 e. The van der Waals surface area contributed by atoms with Crippen LogP contribution in [0.4, 0.5) is 4.79 Å². The number of ether oxygens (including phenoxy) is 1. The van der Waals surface area contributed by atoms with Crippen molar-refractivity contribution in [3.8, 4) is 11.1 Å². The minimum absolute atomic E-state index is 0.00757. The molecule has 2 amide bonds. The lowest BCUT2D eigenvalue weighted by Crippen LogP contribution is -2.36. The predicted octanol–water partition coefficient (Wildman–Crippen LogP) is 3.70. The second-order valence-electron chi connectivity index (χ2n) is 8.03. The van der Waals surface area contributed by atoms with Gasteiger partial charge in [-0.15, -0.1) is 0 Å². The van der Waals surface area contributed by atoms with E-state index in [1.807, 2.05) is 36.4 Å². The average molecular weight is 463 g/mol. The van der Waals surface area contributed by atoms with E-state index in [1.165, 1.54) is 6.07 Å². The van der Waals surface area contributed by atoms with Crippen LogP contribution in [-0.2, 0) is 16.1 Å². The maximum atomic E-state index is 12.3. The first-order valence-corrected chi connectivity index (χ1v) is 11.0. The van der Waals surface area contributed by atoms with Crippen molar-refractivity contribution in [2.75, 3.05) is 6.61 Å². The monoisotopic (exact) mass is 463 g/mol. The highest BCUT2D eigenvalue weighted by atomic mass is 16.5. The number of aromatic nitrogens is 1. The summed E-state index contributed by atoms with van der Waals surface area (Å²) in [6, 6.07) is 17.0. The summed E-state index contributed by atoms with van der Waals surface area (Å²) >= 11 is 0. The first kappa shape index (κ1) is 23.0. The van der Waals surface area contributed by atoms with Crippen molar-refractivity contribution in [1.82, 2.24) is 15.8 Å². The fraction of sp³-hybridized carbons (Fsp3) is 0.280. The van der Waals surface area contributed by atoms with Crippen molar-refractivity contribution in [3.63, 3.8) is 0 Å². The van der Waals surface area contributed by atoms with Crippen LogP contribution < -0.4 is 10.6 Å². The third-order valence-electron chi connectivity index (χ3n) is 5.79. The Bertz CT molecular complexity index is 1160. The first-order chi connectivity index (χ1) is 16.5. The molecule has 1 heterocycles. The molecular formula is C25H25N3O6. The molecular weight excluding hydrogens is 438 g/mol. The number of carboxylic acids is 1. The van der Waals surface area contributed by atoms with Gasteiger partial charge in [-0.25, -0.2) is 4.79 Å². The number of benzene rings is 2. The van der Waals surface area contributed by atoms with Crippen LogP contribution in [-0.4, -0.2) is 40.9 Å². The van der Waals surface area contributed by atoms with Crippen LogP contribution in [0, 0.1) is 0 Å². The number of nitrogens with zero attached hydrogens (tertiary/aromatic N) is 1. The Hall–Kier alpha value is -4.14. The Morgan fingerprint density at radius 2 is 1.74 bits per heavy atom. The second-order valence-corrected chi connectivity index (χ2v) is 8.03. The zero-order valence-electron chi connectivity index (χ0n) is 18.6. The van der Waals surface area contributed by atoms with E-state index < -0.39 is 24.0 Å². The van der Waals surface area contributed by atoms with E-state index in [0.717, 1.165) is 22.3 Å². The molecule has 3 N–H and O–H groups in total. The number of carbonyl (C=O) groups is 3. The van der Waals surface area contributed by atoms with E-state index in [-0.39, 0.29) is 36.9 Å². The Morgan fingerprint density at radius 1 is 1.09 bits per heavy atom. The van der Waals surface area contributed by atoms with Gasteiger partial charge in [-0.2, -0.15) is 0 Å². The molecule has 3 aromatic rings. The molecule has 1 aliphatic carbocycles. The highest BCUT2D eigenvalue weighted by molar-refractivity contribution is 5.92. The number of carboxylic acid groups (broad SMARTS) is 1. The number of hydrogen-bond donors (Lipinski definition) is 3. The average Bonchev–Trinajstić information content (AvgIpc) is 3.44. The number of alkyl carbamates (subject to hydrolysis) is 1. The zero-order chi connectivity index (χ0) is 24.1. The molecule has 34 heavy (non-hydrogen) atoms. The van der Waals surface area contributed by atoms with Gasteiger partial charge < -0.3 is 25.0 Å². The summed E-state index contributed by atoms with van der Waals surface area (Å²) < 4.78 is 10.6. The first-order valence-electron chi connectivity index (χ1n) is 11.0. The van der Waals surface area contributed by atoms with E-state index >= 15 is 0 Å². The van der Waals surface area contributed by atoms with E-state index in [4.69, 9.17) is 14.4 Å². The summed E-state index contributed by atoms with van der Waals surface area (Å²) in [5.41, 5.74) is 4.54. The summed E-state index contributed by atoms with van der Waals surface area (Å²) in [5, 5.41) is 17.8. The zero-order valence-corrected chi connectivity index (χ0v) is 18.6. The van der Waals surface area contributed by atoms with E-state index in [2.05, 4.69) is 27.9 Å². The molecule has 9 heteroatoms. The lowest BCUT2D eigenvalue weighted by atomic mass is 9.98. The number of hydrogen-bond acceptors (Lipinski definition) is 6. The van der Waals surface area contributed by atoms with Crippen molar-refractivity contribution < 1.29 is 28.8 Å². The van der Waals surface area contributed by atoms with E-state index in [1.54, 1.807) is 6.92 Å². The predicted molar refractivity (Wildman–Crippen MR) is 122 cm³/mol. The topological polar surface area (TPSA) is 131 Å². The molecule has 2 aromatic carbocycles. The SMILES string of the molecule is CCC(CC(=O)O)NC(=O)c1cc(CNC(=O)OCC2c3ccccc3-c3ccccc32)on1. The largest absolute Gasteiger partial charge is 0.481 e. The summed E-state index contributed by atoms with van der Waals surface area (Å²) in [7, 11) is 0. The number of aliphatic carboxylic acids is 1. The molecule has 1 aromatic heterocycles. The lowest BCUT2D eigenvalue weighted by molar-refractivity contribution is -0.137. The second kappa shape index (κ2) is 10.2. The Kier molecular flexibility index (Phi) is 6.91. The number of fused-ring (bicyclic) bond motifs is 3. The maximum absolute atomic E-state index is 12.3. The van der Waals surface area contributed by atoms with Gasteiger partial charge in [-0.1, -0.05) is 60.6 Å². The van der Waals surface area contributed by atoms with Crippen molar-refractivity contribution in [1.29, 1.82) is 0 Å². The minimum Gasteiger partial charge on any atom is -0.481 e. The lowest BCUT2D eigenvalue weighted by Gasteiger charge is -2.14. The van der Waals surface area contributed by atoms with Crippen molar-refractivity contribution >= 4 is 18.0 Å². The van der Waals surface area contributed by atoms with Crippen LogP contribution in [0.2, 0.25) is 0 Å². The molecule has 0 aliphatic heterocycles. The summed E-state index contributed by atoms with van der Waals surface area (Å²) in [4.78, 5) is 35.4. The summed E-state index contributed by atoms with van der Waals surface area (Å²) in [6.45, 7) is 1.95. The van der Waals surface area contributed by atoms with E-state index in [0.29, 0.717) is 6.42 Å².